The number of amidine groups is 1. The Morgan fingerprint density at radius 2 is 2.36 bits per heavy atom. The van der Waals surface area contributed by atoms with Crippen molar-refractivity contribution in [2.24, 2.45) is 4.99 Å². The number of thioether (sulfide) groups is 1. The zero-order chi connectivity index (χ0) is 9.97. The van der Waals surface area contributed by atoms with Crippen LogP contribution in [-0.4, -0.2) is 17.5 Å². The molecule has 0 atom stereocenters. The summed E-state index contributed by atoms with van der Waals surface area (Å²) >= 11 is 7.76. The first-order valence-electron chi connectivity index (χ1n) is 4.47. The molecule has 0 amide bonds. The highest BCUT2D eigenvalue weighted by Gasteiger charge is 2.08. The number of anilines is 1. The fraction of sp³-hybridized carbons (Fsp3) is 0.300. The van der Waals surface area contributed by atoms with Crippen molar-refractivity contribution in [2.75, 3.05) is 17.6 Å². The van der Waals surface area contributed by atoms with E-state index in [1.54, 1.807) is 11.8 Å². The average Bonchev–Trinajstić information content (AvgIpc) is 2.66. The van der Waals surface area contributed by atoms with Crippen LogP contribution in [0.4, 0.5) is 5.69 Å². The number of hydrogen-bond acceptors (Lipinski definition) is 3. The van der Waals surface area contributed by atoms with Gasteiger partial charge in [0.1, 0.15) is 0 Å². The van der Waals surface area contributed by atoms with Crippen LogP contribution >= 0.6 is 23.4 Å². The van der Waals surface area contributed by atoms with Gasteiger partial charge in [-0.05, 0) is 24.6 Å². The summed E-state index contributed by atoms with van der Waals surface area (Å²) in [5.41, 5.74) is 2.12. The summed E-state index contributed by atoms with van der Waals surface area (Å²) in [6.45, 7) is 2.91. The maximum atomic E-state index is 6.01. The number of nitrogens with zero attached hydrogens (tertiary/aromatic N) is 1. The molecule has 0 aromatic heterocycles. The Morgan fingerprint density at radius 1 is 1.50 bits per heavy atom. The van der Waals surface area contributed by atoms with Gasteiger partial charge in [-0.2, -0.15) is 0 Å². The second-order valence-corrected chi connectivity index (χ2v) is 4.56. The molecular formula is C10H11ClN2S. The van der Waals surface area contributed by atoms with Gasteiger partial charge < -0.3 is 5.32 Å². The quantitative estimate of drug-likeness (QED) is 0.796. The van der Waals surface area contributed by atoms with Crippen molar-refractivity contribution < 1.29 is 0 Å². The highest BCUT2D eigenvalue weighted by atomic mass is 35.5. The van der Waals surface area contributed by atoms with E-state index < -0.39 is 0 Å². The van der Waals surface area contributed by atoms with E-state index in [4.69, 9.17) is 11.6 Å². The lowest BCUT2D eigenvalue weighted by Gasteiger charge is -2.09. The molecule has 1 aromatic rings. The van der Waals surface area contributed by atoms with E-state index in [1.807, 2.05) is 25.1 Å². The normalized spacial score (nSPS) is 15.4. The van der Waals surface area contributed by atoms with Gasteiger partial charge in [0.15, 0.2) is 5.17 Å². The number of benzene rings is 1. The van der Waals surface area contributed by atoms with E-state index >= 15 is 0 Å². The summed E-state index contributed by atoms with van der Waals surface area (Å²) in [5, 5.41) is 5.06. The van der Waals surface area contributed by atoms with Crippen LogP contribution in [0.5, 0.6) is 0 Å². The Hall–Kier alpha value is -0.670. The second kappa shape index (κ2) is 4.24. The SMILES string of the molecule is Cc1c(Cl)cccc1NC1=NCCS1. The van der Waals surface area contributed by atoms with Crippen molar-refractivity contribution in [3.63, 3.8) is 0 Å². The first kappa shape index (κ1) is 9.87. The maximum Gasteiger partial charge on any atom is 0.161 e. The third-order valence-corrected chi connectivity index (χ3v) is 3.40. The third kappa shape index (κ3) is 2.04. The molecule has 1 heterocycles. The molecule has 1 N–H and O–H groups in total. The lowest BCUT2D eigenvalue weighted by molar-refractivity contribution is 1.17. The van der Waals surface area contributed by atoms with Gasteiger partial charge >= 0.3 is 0 Å². The standard InChI is InChI=1S/C10H11ClN2S/c1-7-8(11)3-2-4-9(7)13-10-12-5-6-14-10/h2-4H,5-6H2,1H3,(H,12,13). The van der Waals surface area contributed by atoms with Gasteiger partial charge in [0.25, 0.3) is 0 Å². The molecule has 0 spiro atoms. The highest BCUT2D eigenvalue weighted by Crippen LogP contribution is 2.24. The molecule has 1 aliphatic rings. The van der Waals surface area contributed by atoms with Crippen LogP contribution in [-0.2, 0) is 0 Å². The van der Waals surface area contributed by atoms with Crippen molar-refractivity contribution >= 4 is 34.2 Å². The van der Waals surface area contributed by atoms with Gasteiger partial charge in [0.05, 0.1) is 6.54 Å². The van der Waals surface area contributed by atoms with Gasteiger partial charge in [-0.15, -0.1) is 0 Å². The third-order valence-electron chi connectivity index (χ3n) is 2.09. The zero-order valence-electron chi connectivity index (χ0n) is 7.88. The van der Waals surface area contributed by atoms with E-state index in [-0.39, 0.29) is 0 Å². The van der Waals surface area contributed by atoms with Gasteiger partial charge in [-0.1, -0.05) is 29.4 Å². The summed E-state index contributed by atoms with van der Waals surface area (Å²) in [7, 11) is 0. The molecule has 0 radical (unpaired) electrons. The summed E-state index contributed by atoms with van der Waals surface area (Å²) < 4.78 is 0. The molecule has 4 heteroatoms. The molecule has 0 bridgehead atoms. The average molecular weight is 227 g/mol. The van der Waals surface area contributed by atoms with E-state index in [2.05, 4.69) is 10.3 Å². The largest absolute Gasteiger partial charge is 0.335 e. The lowest BCUT2D eigenvalue weighted by atomic mass is 10.2. The van der Waals surface area contributed by atoms with Crippen LogP contribution in [0.2, 0.25) is 5.02 Å². The van der Waals surface area contributed by atoms with E-state index in [0.717, 1.165) is 33.7 Å². The highest BCUT2D eigenvalue weighted by molar-refractivity contribution is 8.14. The number of halogens is 1. The van der Waals surface area contributed by atoms with E-state index in [1.165, 1.54) is 0 Å². The summed E-state index contributed by atoms with van der Waals surface area (Å²) in [6.07, 6.45) is 0. The molecule has 2 nitrogen and oxygen atoms in total. The first-order valence-corrected chi connectivity index (χ1v) is 5.83. The Morgan fingerprint density at radius 3 is 3.07 bits per heavy atom. The van der Waals surface area contributed by atoms with Crippen LogP contribution in [0.1, 0.15) is 5.56 Å². The molecule has 0 fully saturated rings. The van der Waals surface area contributed by atoms with Gasteiger partial charge in [-0.25, -0.2) is 0 Å². The minimum absolute atomic E-state index is 0.790. The smallest absolute Gasteiger partial charge is 0.161 e. The van der Waals surface area contributed by atoms with Crippen molar-refractivity contribution in [3.8, 4) is 0 Å². The van der Waals surface area contributed by atoms with Crippen molar-refractivity contribution in [1.29, 1.82) is 0 Å². The van der Waals surface area contributed by atoms with Crippen LogP contribution in [0, 0.1) is 6.92 Å². The molecule has 14 heavy (non-hydrogen) atoms. The fourth-order valence-corrected chi connectivity index (χ4v) is 2.18. The van der Waals surface area contributed by atoms with Gasteiger partial charge in [0.2, 0.25) is 0 Å². The van der Waals surface area contributed by atoms with E-state index in [0.29, 0.717) is 0 Å². The Kier molecular flexibility index (Phi) is 2.99. The molecule has 0 saturated carbocycles. The molecular weight excluding hydrogens is 216 g/mol. The minimum atomic E-state index is 0.790. The van der Waals surface area contributed by atoms with Gasteiger partial charge in [-0.3, -0.25) is 4.99 Å². The summed E-state index contributed by atoms with van der Waals surface area (Å²) in [5.74, 6) is 1.07. The lowest BCUT2D eigenvalue weighted by Crippen LogP contribution is -2.06. The molecule has 1 aromatic carbocycles. The van der Waals surface area contributed by atoms with Crippen molar-refractivity contribution in [3.05, 3.63) is 28.8 Å². The predicted molar refractivity (Wildman–Crippen MR) is 64.6 cm³/mol. The van der Waals surface area contributed by atoms with Crippen LogP contribution in [0.3, 0.4) is 0 Å². The number of nitrogens with one attached hydrogen (secondary N) is 1. The number of rotatable bonds is 1. The van der Waals surface area contributed by atoms with Crippen molar-refractivity contribution in [1.82, 2.24) is 0 Å². The molecule has 0 aliphatic carbocycles. The predicted octanol–water partition coefficient (Wildman–Crippen LogP) is 3.16. The Labute approximate surface area is 92.8 Å². The van der Waals surface area contributed by atoms with Crippen LogP contribution in [0.25, 0.3) is 0 Å². The molecule has 2 rings (SSSR count). The van der Waals surface area contributed by atoms with Gasteiger partial charge in [0, 0.05) is 16.5 Å². The molecule has 74 valence electrons. The van der Waals surface area contributed by atoms with E-state index in [9.17, 15) is 0 Å². The molecule has 0 saturated heterocycles. The summed E-state index contributed by atoms with van der Waals surface area (Å²) in [4.78, 5) is 4.33. The number of aliphatic imine (C=N–C) groups is 1. The Bertz CT molecular complexity index is 376. The minimum Gasteiger partial charge on any atom is -0.335 e. The summed E-state index contributed by atoms with van der Waals surface area (Å²) in [6, 6.07) is 5.85. The maximum absolute atomic E-state index is 6.01. The van der Waals surface area contributed by atoms with Crippen LogP contribution in [0.15, 0.2) is 23.2 Å². The molecule has 1 aliphatic heterocycles. The first-order chi connectivity index (χ1) is 6.77. The fourth-order valence-electron chi connectivity index (χ4n) is 1.27. The second-order valence-electron chi connectivity index (χ2n) is 3.07. The zero-order valence-corrected chi connectivity index (χ0v) is 9.45. The Balaban J connectivity index is 2.20. The number of hydrogen-bond donors (Lipinski definition) is 1. The van der Waals surface area contributed by atoms with Crippen molar-refractivity contribution in [2.45, 2.75) is 6.92 Å². The molecule has 0 unspecified atom stereocenters. The monoisotopic (exact) mass is 226 g/mol. The van der Waals surface area contributed by atoms with Crippen LogP contribution < -0.4 is 5.32 Å². The topological polar surface area (TPSA) is 24.4 Å².